The molecule has 8 heavy (non-hydrogen) atoms. The Morgan fingerprint density at radius 1 is 1.38 bits per heavy atom. The maximum absolute atomic E-state index is 3.89. The normalized spacial score (nSPS) is 21.0. The molecule has 2 heterocycles. The molecule has 0 saturated heterocycles. The van der Waals surface area contributed by atoms with Crippen LogP contribution in [0.3, 0.4) is 0 Å². The fraction of sp³-hybridized carbons (Fsp3) is 0. The topological polar surface area (TPSA) is 24.7 Å². The van der Waals surface area contributed by atoms with Crippen molar-refractivity contribution in [2.45, 2.75) is 0 Å². The molecule has 0 aliphatic carbocycles. The largest absolute Gasteiger partial charge is 0.263 e. The van der Waals surface area contributed by atoms with Gasteiger partial charge in [-0.3, -0.25) is 9.98 Å². The lowest BCUT2D eigenvalue weighted by atomic mass is 10.2. The van der Waals surface area contributed by atoms with E-state index in [1.807, 2.05) is 0 Å². The zero-order valence-corrected chi connectivity index (χ0v) is 4.13. The first-order chi connectivity index (χ1) is 3.97. The van der Waals surface area contributed by atoms with Crippen molar-refractivity contribution in [1.29, 1.82) is 0 Å². The first kappa shape index (κ1) is 3.78. The minimum absolute atomic E-state index is 1.00. The van der Waals surface area contributed by atoms with E-state index in [-0.39, 0.29) is 0 Å². The molecule has 0 unspecified atom stereocenters. The van der Waals surface area contributed by atoms with Gasteiger partial charge in [-0.05, 0) is 0 Å². The Bertz CT molecular complexity index is 205. The van der Waals surface area contributed by atoms with Crippen molar-refractivity contribution >= 4 is 12.4 Å². The summed E-state index contributed by atoms with van der Waals surface area (Å²) in [5.74, 6) is 0. The summed E-state index contributed by atoms with van der Waals surface area (Å²) in [6.07, 6.45) is 8.07. The minimum atomic E-state index is 1.00. The first-order valence-corrected chi connectivity index (χ1v) is 2.36. The number of rotatable bonds is 0. The molecular weight excluding hydrogens is 100 g/mol. The van der Waals surface area contributed by atoms with Crippen molar-refractivity contribution in [3.05, 3.63) is 23.5 Å². The van der Waals surface area contributed by atoms with E-state index in [2.05, 4.69) is 16.2 Å². The average Bonchev–Trinajstić information content (AvgIpc) is 2.15. The number of aliphatic imine (C=N–C) groups is 2. The number of hydrogen-bond donors (Lipinski definition) is 0. The Balaban J connectivity index is 2.59. The van der Waals surface area contributed by atoms with Crippen molar-refractivity contribution in [3.8, 4) is 0 Å². The molecule has 0 N–H and O–H groups in total. The number of allylic oxidation sites excluding steroid dienone is 2. The molecule has 2 aliphatic rings. The predicted molar refractivity (Wildman–Crippen MR) is 31.8 cm³/mol. The summed E-state index contributed by atoms with van der Waals surface area (Å²) in [5.41, 5.74) is 2.08. The third-order valence-corrected chi connectivity index (χ3v) is 1.12. The molecule has 0 spiro atoms. The highest BCUT2D eigenvalue weighted by Gasteiger charge is 2.08. The van der Waals surface area contributed by atoms with Gasteiger partial charge in [-0.25, -0.2) is 0 Å². The molecule has 37 valence electrons. The molecule has 2 aliphatic heterocycles. The van der Waals surface area contributed by atoms with Crippen LogP contribution >= 0.6 is 0 Å². The van der Waals surface area contributed by atoms with Crippen LogP contribution in [0.5, 0.6) is 0 Å². The van der Waals surface area contributed by atoms with Crippen LogP contribution < -0.4 is 0 Å². The molecule has 0 aromatic heterocycles. The van der Waals surface area contributed by atoms with Gasteiger partial charge in [0.15, 0.2) is 0 Å². The van der Waals surface area contributed by atoms with E-state index in [1.54, 1.807) is 18.6 Å². The lowest BCUT2D eigenvalue weighted by Gasteiger charge is -1.79. The van der Waals surface area contributed by atoms with Crippen LogP contribution in [0.4, 0.5) is 0 Å². The zero-order valence-electron chi connectivity index (χ0n) is 4.13. The Morgan fingerprint density at radius 2 is 2.38 bits per heavy atom. The lowest BCUT2D eigenvalue weighted by Crippen LogP contribution is -1.78. The smallest absolute Gasteiger partial charge is 0.0988 e. The van der Waals surface area contributed by atoms with E-state index < -0.39 is 0 Å². The third-order valence-electron chi connectivity index (χ3n) is 1.12. The van der Waals surface area contributed by atoms with Gasteiger partial charge in [0.2, 0.25) is 0 Å². The van der Waals surface area contributed by atoms with Crippen LogP contribution in [0.2, 0.25) is 0 Å². The number of fused-ring (bicyclic) bond motifs is 1. The third kappa shape index (κ3) is 0.320. The quantitative estimate of drug-likeness (QED) is 0.431. The number of nitrogens with zero attached hydrogens (tertiary/aromatic N) is 2. The molecule has 1 radical (unpaired) electrons. The maximum Gasteiger partial charge on any atom is 0.0988 e. The van der Waals surface area contributed by atoms with E-state index >= 15 is 0 Å². The summed E-state index contributed by atoms with van der Waals surface area (Å²) in [6, 6.07) is 0. The molecule has 0 saturated carbocycles. The Kier molecular flexibility index (Phi) is 0.545. The molecule has 0 amide bonds. The van der Waals surface area contributed by atoms with Gasteiger partial charge in [0.25, 0.3) is 0 Å². The van der Waals surface area contributed by atoms with Crippen LogP contribution in [0.15, 0.2) is 27.3 Å². The van der Waals surface area contributed by atoms with Gasteiger partial charge >= 0.3 is 0 Å². The SMILES string of the molecule is [C]1=C2C=NC=C2C=N1. The summed E-state index contributed by atoms with van der Waals surface area (Å²) in [4.78, 5) is 7.69. The van der Waals surface area contributed by atoms with E-state index in [1.165, 1.54) is 0 Å². The van der Waals surface area contributed by atoms with Crippen molar-refractivity contribution in [1.82, 2.24) is 0 Å². The zero-order chi connectivity index (χ0) is 5.40. The molecule has 0 bridgehead atoms. The maximum atomic E-state index is 3.89. The van der Waals surface area contributed by atoms with E-state index in [4.69, 9.17) is 0 Å². The van der Waals surface area contributed by atoms with Crippen molar-refractivity contribution in [2.75, 3.05) is 0 Å². The molecule has 2 rings (SSSR count). The van der Waals surface area contributed by atoms with E-state index in [0.29, 0.717) is 0 Å². The van der Waals surface area contributed by atoms with E-state index in [9.17, 15) is 0 Å². The first-order valence-electron chi connectivity index (χ1n) is 2.36. The van der Waals surface area contributed by atoms with Crippen molar-refractivity contribution in [3.63, 3.8) is 0 Å². The van der Waals surface area contributed by atoms with Crippen LogP contribution in [0.25, 0.3) is 0 Å². The molecule has 0 fully saturated rings. The average molecular weight is 103 g/mol. The summed E-state index contributed by atoms with van der Waals surface area (Å²) < 4.78 is 0. The monoisotopic (exact) mass is 103 g/mol. The molecule has 0 atom stereocenters. The summed E-state index contributed by atoms with van der Waals surface area (Å²) >= 11 is 0. The van der Waals surface area contributed by atoms with Crippen LogP contribution in [-0.2, 0) is 0 Å². The van der Waals surface area contributed by atoms with Crippen molar-refractivity contribution < 1.29 is 0 Å². The fourth-order valence-corrected chi connectivity index (χ4v) is 0.704. The molecule has 0 aromatic carbocycles. The summed E-state index contributed by atoms with van der Waals surface area (Å²) in [5, 5.41) is 0. The van der Waals surface area contributed by atoms with Crippen molar-refractivity contribution in [2.24, 2.45) is 9.98 Å². The minimum Gasteiger partial charge on any atom is -0.263 e. The number of hydrogen-bond acceptors (Lipinski definition) is 2. The van der Waals surface area contributed by atoms with Crippen LogP contribution in [-0.4, -0.2) is 12.4 Å². The van der Waals surface area contributed by atoms with Crippen LogP contribution in [0, 0.1) is 6.20 Å². The second-order valence-electron chi connectivity index (χ2n) is 1.65. The predicted octanol–water partition coefficient (Wildman–Crippen LogP) is 0.726. The van der Waals surface area contributed by atoms with Gasteiger partial charge in [0, 0.05) is 29.8 Å². The second kappa shape index (κ2) is 1.15. The van der Waals surface area contributed by atoms with Gasteiger partial charge in [0.1, 0.15) is 0 Å². The van der Waals surface area contributed by atoms with E-state index in [0.717, 1.165) is 11.1 Å². The van der Waals surface area contributed by atoms with Crippen LogP contribution in [0.1, 0.15) is 0 Å². The van der Waals surface area contributed by atoms with Gasteiger partial charge < -0.3 is 0 Å². The molecule has 2 heteroatoms. The highest BCUT2D eigenvalue weighted by Crippen LogP contribution is 2.15. The van der Waals surface area contributed by atoms with Gasteiger partial charge in [-0.15, -0.1) is 0 Å². The van der Waals surface area contributed by atoms with Gasteiger partial charge in [-0.1, -0.05) is 0 Å². The Hall–Kier alpha value is -1.18. The summed E-state index contributed by atoms with van der Waals surface area (Å²) in [6.45, 7) is 0. The highest BCUT2D eigenvalue weighted by atomic mass is 14.8. The van der Waals surface area contributed by atoms with Gasteiger partial charge in [0.05, 0.1) is 6.20 Å². The molecular formula is C6H3N2. The molecule has 2 nitrogen and oxygen atoms in total. The highest BCUT2D eigenvalue weighted by molar-refractivity contribution is 6.03. The standard InChI is InChI=1S/C6H3N2/c1-5-2-8-4-6(5)3-7-1/h1-3H. The Morgan fingerprint density at radius 3 is 3.25 bits per heavy atom. The second-order valence-corrected chi connectivity index (χ2v) is 1.65. The van der Waals surface area contributed by atoms with Gasteiger partial charge in [-0.2, -0.15) is 0 Å². The fourth-order valence-electron chi connectivity index (χ4n) is 0.704. The lowest BCUT2D eigenvalue weighted by molar-refractivity contribution is 1.55. The Labute approximate surface area is 47.0 Å². The summed E-state index contributed by atoms with van der Waals surface area (Å²) in [7, 11) is 0. The molecule has 0 aromatic rings.